The minimum Gasteiger partial charge on any atom is -0.455 e. The van der Waals surface area contributed by atoms with Gasteiger partial charge >= 0.3 is 0 Å². The zero-order valence-corrected chi connectivity index (χ0v) is 35.4. The molecule has 0 saturated heterocycles. The van der Waals surface area contributed by atoms with Crippen LogP contribution in [0.4, 0.5) is 17.1 Å². The van der Waals surface area contributed by atoms with Crippen LogP contribution in [0.15, 0.2) is 119 Å². The molecule has 61 heavy (non-hydrogen) atoms. The number of benzene rings is 8. The van der Waals surface area contributed by atoms with Crippen LogP contribution in [0.3, 0.4) is 0 Å². The Morgan fingerprint density at radius 3 is 1.93 bits per heavy atom. The van der Waals surface area contributed by atoms with Crippen LogP contribution in [0, 0.1) is 69.2 Å². The zero-order chi connectivity index (χ0) is 64.3. The summed E-state index contributed by atoms with van der Waals surface area (Å²) in [6.45, 7) is 8.12. The van der Waals surface area contributed by atoms with E-state index in [4.69, 9.17) is 26.3 Å². The van der Waals surface area contributed by atoms with Crippen LogP contribution in [-0.2, 0) is 5.41 Å². The summed E-state index contributed by atoms with van der Waals surface area (Å²) in [5.74, 6) is 0. The fourth-order valence-corrected chi connectivity index (χ4v) is 9.17. The molecule has 1 heterocycles. The molecule has 0 radical (unpaired) electrons. The predicted molar refractivity (Wildman–Crippen MR) is 262 cm³/mol. The Labute approximate surface area is 396 Å². The van der Waals surface area contributed by atoms with E-state index in [1.165, 1.54) is 32.6 Å². The van der Waals surface area contributed by atoms with Crippen LogP contribution in [0.1, 0.15) is 115 Å². The number of para-hydroxylation sites is 1. The summed E-state index contributed by atoms with van der Waals surface area (Å²) in [7, 11) is 0. The summed E-state index contributed by atoms with van der Waals surface area (Å²) in [6.07, 6.45) is 0. The van der Waals surface area contributed by atoms with E-state index in [1.807, 2.05) is 0 Å². The van der Waals surface area contributed by atoms with Gasteiger partial charge in [-0.15, -0.1) is 0 Å². The van der Waals surface area contributed by atoms with E-state index in [9.17, 15) is 12.3 Å². The minimum absolute atomic E-state index is 0.00913. The summed E-state index contributed by atoms with van der Waals surface area (Å²) in [5, 5.41) is -0.0313. The largest absolute Gasteiger partial charge is 0.455 e. The third kappa shape index (κ3) is 5.61. The van der Waals surface area contributed by atoms with Crippen molar-refractivity contribution in [3.8, 4) is 33.4 Å². The van der Waals surface area contributed by atoms with E-state index in [-0.39, 0.29) is 148 Å². The number of nitrogens with zero attached hydrogens (tertiary/aromatic N) is 1. The van der Waals surface area contributed by atoms with Crippen molar-refractivity contribution in [1.29, 1.82) is 0 Å². The van der Waals surface area contributed by atoms with Gasteiger partial charge in [0.1, 0.15) is 11.2 Å². The van der Waals surface area contributed by atoms with Gasteiger partial charge in [-0.05, 0) is 188 Å². The second-order valence-electron chi connectivity index (χ2n) is 16.0. The smallest absolute Gasteiger partial charge is 0.143 e. The maximum Gasteiger partial charge on any atom is 0.143 e. The van der Waals surface area contributed by atoms with Crippen molar-refractivity contribution < 1.29 is 38.7 Å². The molecule has 0 saturated carbocycles. The van der Waals surface area contributed by atoms with Crippen molar-refractivity contribution in [2.45, 2.75) is 88.4 Å². The van der Waals surface area contributed by atoms with E-state index in [1.54, 1.807) is 41.5 Å². The second-order valence-corrected chi connectivity index (χ2v) is 16.0. The van der Waals surface area contributed by atoms with Gasteiger partial charge < -0.3 is 9.32 Å². The molecule has 0 fully saturated rings. The summed E-state index contributed by atoms with van der Waals surface area (Å²) in [6, 6.07) is -10.7. The Balaban J connectivity index is 1.37. The molecule has 9 aromatic rings. The molecule has 1 aliphatic rings. The van der Waals surface area contributed by atoms with Crippen LogP contribution in [0.2, 0.25) is 0 Å². The third-order valence-corrected chi connectivity index (χ3v) is 12.3. The normalized spacial score (nSPS) is 19.3. The number of fused-ring (bicyclic) bond motifs is 8. The first kappa shape index (κ1) is 20.0. The van der Waals surface area contributed by atoms with E-state index < -0.39 is 120 Å². The Morgan fingerprint density at radius 1 is 0.492 bits per heavy atom. The van der Waals surface area contributed by atoms with Crippen LogP contribution in [-0.4, -0.2) is 0 Å². The number of aryl methyl sites for hydroxylation is 1. The van der Waals surface area contributed by atoms with Gasteiger partial charge in [0.2, 0.25) is 0 Å². The molecule has 2 nitrogen and oxygen atoms in total. The average molecular weight is 819 g/mol. The molecule has 1 aromatic heterocycles. The molecule has 10 rings (SSSR count). The van der Waals surface area contributed by atoms with Gasteiger partial charge in [0.15, 0.2) is 0 Å². The molecule has 0 spiro atoms. The Morgan fingerprint density at radius 2 is 1.16 bits per heavy atom. The number of anilines is 3. The van der Waals surface area contributed by atoms with Gasteiger partial charge in [-0.25, -0.2) is 0 Å². The highest BCUT2D eigenvalue weighted by molar-refractivity contribution is 6.20. The fourth-order valence-electron chi connectivity index (χ4n) is 9.17. The quantitative estimate of drug-likeness (QED) is 0.172. The number of furan rings is 1. The monoisotopic (exact) mass is 819 g/mol. The van der Waals surface area contributed by atoms with Gasteiger partial charge in [0, 0.05) is 41.2 Å². The minimum atomic E-state index is -3.66. The van der Waals surface area contributed by atoms with E-state index in [2.05, 4.69) is 0 Å². The van der Waals surface area contributed by atoms with Crippen LogP contribution in [0.5, 0.6) is 0 Å². The topological polar surface area (TPSA) is 16.4 Å². The van der Waals surface area contributed by atoms with Crippen molar-refractivity contribution in [2.24, 2.45) is 0 Å². The molecular formula is C59H55NO. The van der Waals surface area contributed by atoms with Crippen LogP contribution < -0.4 is 4.90 Å². The molecule has 2 heteroatoms. The third-order valence-electron chi connectivity index (χ3n) is 12.3. The maximum atomic E-state index is 10.1. The average Bonchev–Trinajstić information content (AvgIpc) is 1.48. The SMILES string of the molecule is [2H]c1c([2H])c([2H])c(N(c2c([2H])c([2H])c3c(c2C)C(C([2H])([2H])[2H])(C([2H])([2H])[2H])c2c([2H])c([2H])c([2H])c([2H])c2-3)c2c(C)c(C)c(-c3c([2H])c([2H])c4oc5c6c([2H])c([2H])c(C)c([2H])c6c(-c6c([2H])c([2H])c(C)c([2H])c6C)c([2H])c5c4c3C)c(C)c2C)c(C)c1[2H]. The Kier molecular flexibility index (Phi) is 4.53. The van der Waals surface area contributed by atoms with Crippen molar-refractivity contribution in [1.82, 2.24) is 0 Å². The lowest BCUT2D eigenvalue weighted by Crippen LogP contribution is -2.20. The molecule has 0 N–H and O–H groups in total. The van der Waals surface area contributed by atoms with Crippen molar-refractivity contribution in [3.05, 3.63) is 182 Å². The molecule has 1 aliphatic carbocycles. The van der Waals surface area contributed by atoms with Gasteiger partial charge in [0.25, 0.3) is 0 Å². The van der Waals surface area contributed by atoms with E-state index in [0.29, 0.717) is 16.7 Å². The summed E-state index contributed by atoms with van der Waals surface area (Å²) in [4.78, 5) is 1.26. The van der Waals surface area contributed by atoms with Crippen molar-refractivity contribution in [3.63, 3.8) is 0 Å². The zero-order valence-electron chi connectivity index (χ0n) is 60.4. The summed E-state index contributed by atoms with van der Waals surface area (Å²) >= 11 is 0. The van der Waals surface area contributed by atoms with E-state index in [0.717, 1.165) is 0 Å². The summed E-state index contributed by atoms with van der Waals surface area (Å²) in [5.41, 5.74) is -4.83. The van der Waals surface area contributed by atoms with Crippen LogP contribution in [0.25, 0.3) is 66.1 Å². The standard InChI is InChI=1S/C59H55NO/c1-32-21-23-42(35(4)29-32)48-31-49-55-40(9)43(26-28-53(55)61-58(49)46-24-22-33(2)30-47(46)48)54-36(5)38(7)57(39(8)37(54)6)60(51-20-16-13-17-34(51)3)52-27-25-45-44-18-14-15-19-50(44)59(11,12)56(45)41(52)10/h13-31H,1-12H3/i11D3,12D3,13D,14D,15D,16D,17D,18D,19D,20D,21D,22D,23D,24D,25D,26D,27D,28D,29D,30D,31D. The first-order valence-electron chi connectivity index (χ1n) is 32.3. The molecule has 8 aromatic carbocycles. The van der Waals surface area contributed by atoms with E-state index >= 15 is 0 Å². The second kappa shape index (κ2) is 13.8. The molecular weight excluding hydrogens is 739 g/mol. The lowest BCUT2D eigenvalue weighted by atomic mass is 9.79. The number of hydrogen-bond donors (Lipinski definition) is 0. The molecule has 0 atom stereocenters. The highest BCUT2D eigenvalue weighted by Gasteiger charge is 2.38. The predicted octanol–water partition coefficient (Wildman–Crippen LogP) is 16.9. The fraction of sp³-hybridized carbons (Fsp3) is 0.220. The lowest BCUT2D eigenvalue weighted by Gasteiger charge is -2.35. The first-order chi connectivity index (χ1) is 39.6. The molecule has 0 unspecified atom stereocenters. The molecule has 302 valence electrons. The summed E-state index contributed by atoms with van der Waals surface area (Å²) < 4.78 is 237. The van der Waals surface area contributed by atoms with Gasteiger partial charge in [-0.2, -0.15) is 0 Å². The number of hydrogen-bond acceptors (Lipinski definition) is 2. The Bertz CT molecular complexity index is 4560. The van der Waals surface area contributed by atoms with Crippen molar-refractivity contribution >= 4 is 49.8 Å². The van der Waals surface area contributed by atoms with Crippen LogP contribution >= 0.6 is 0 Å². The molecule has 0 amide bonds. The lowest BCUT2D eigenvalue weighted by molar-refractivity contribution is 0.655. The Hall–Kier alpha value is -6.38. The van der Waals surface area contributed by atoms with Gasteiger partial charge in [-0.1, -0.05) is 115 Å². The molecule has 0 bridgehead atoms. The molecule has 0 aliphatic heterocycles. The number of rotatable bonds is 5. The maximum absolute atomic E-state index is 10.1. The van der Waals surface area contributed by atoms with Crippen molar-refractivity contribution in [2.75, 3.05) is 4.90 Å². The highest BCUT2D eigenvalue weighted by Crippen LogP contribution is 2.54. The highest BCUT2D eigenvalue weighted by atomic mass is 16.3. The van der Waals surface area contributed by atoms with Gasteiger partial charge in [0.05, 0.1) is 31.7 Å². The first-order valence-corrected chi connectivity index (χ1v) is 19.8. The van der Waals surface area contributed by atoms with Gasteiger partial charge in [-0.3, -0.25) is 0 Å².